The maximum absolute atomic E-state index is 12.3. The number of fused-ring (bicyclic) bond motifs is 1. The van der Waals surface area contributed by atoms with Crippen LogP contribution in [-0.2, 0) is 4.79 Å². The number of benzene rings is 2. The zero-order valence-electron chi connectivity index (χ0n) is 11.4. The maximum atomic E-state index is 12.3. The van der Waals surface area contributed by atoms with Gasteiger partial charge in [-0.05, 0) is 53.8 Å². The van der Waals surface area contributed by atoms with Crippen LogP contribution in [0.1, 0.15) is 12.5 Å². The largest absolute Gasteiger partial charge is 0.482 e. The molecule has 0 saturated heterocycles. The van der Waals surface area contributed by atoms with Crippen LogP contribution in [0.15, 0.2) is 58.2 Å². The third kappa shape index (κ3) is 2.81. The smallest absolute Gasteiger partial charge is 0.212 e. The summed E-state index contributed by atoms with van der Waals surface area (Å²) in [4.78, 5) is 12.3. The number of hydrogen-bond donors (Lipinski definition) is 0. The molecule has 0 amide bonds. The van der Waals surface area contributed by atoms with Crippen LogP contribution in [0, 0.1) is 0 Å². The standard InChI is InChI=1S/C17H13IO3/c1-11-16(19)15(18)17(21-12-7-3-2-4-8-12)13-9-5-6-10-14(13)20-11/h2-11H,1H3. The highest BCUT2D eigenvalue weighted by molar-refractivity contribution is 14.1. The fraction of sp³-hybridized carbons (Fsp3) is 0.118. The van der Waals surface area contributed by atoms with E-state index in [1.807, 2.05) is 77.2 Å². The van der Waals surface area contributed by atoms with Gasteiger partial charge >= 0.3 is 0 Å². The topological polar surface area (TPSA) is 35.5 Å². The summed E-state index contributed by atoms with van der Waals surface area (Å²) < 4.78 is 12.2. The van der Waals surface area contributed by atoms with Crippen molar-refractivity contribution >= 4 is 34.1 Å². The molecule has 0 aromatic heterocycles. The lowest BCUT2D eigenvalue weighted by molar-refractivity contribution is -0.120. The van der Waals surface area contributed by atoms with Crippen molar-refractivity contribution in [3.05, 3.63) is 63.7 Å². The maximum Gasteiger partial charge on any atom is 0.212 e. The molecule has 0 radical (unpaired) electrons. The molecule has 21 heavy (non-hydrogen) atoms. The van der Waals surface area contributed by atoms with Crippen LogP contribution in [0.4, 0.5) is 0 Å². The molecule has 4 heteroatoms. The zero-order valence-corrected chi connectivity index (χ0v) is 13.5. The molecular weight excluding hydrogens is 379 g/mol. The van der Waals surface area contributed by atoms with Crippen LogP contribution >= 0.6 is 22.6 Å². The minimum Gasteiger partial charge on any atom is -0.482 e. The van der Waals surface area contributed by atoms with Gasteiger partial charge in [-0.1, -0.05) is 30.3 Å². The zero-order chi connectivity index (χ0) is 14.8. The summed E-state index contributed by atoms with van der Waals surface area (Å²) in [5.74, 6) is 1.83. The number of carbonyl (C=O) groups is 1. The van der Waals surface area contributed by atoms with Gasteiger partial charge in [-0.25, -0.2) is 0 Å². The van der Waals surface area contributed by atoms with Gasteiger partial charge in [0.25, 0.3) is 0 Å². The van der Waals surface area contributed by atoms with Crippen LogP contribution in [0.2, 0.25) is 0 Å². The SMILES string of the molecule is CC1Oc2ccccc2C(Oc2ccccc2)=C(I)C1=O. The van der Waals surface area contributed by atoms with Crippen molar-refractivity contribution in [3.8, 4) is 11.5 Å². The molecule has 0 fully saturated rings. The first-order valence-electron chi connectivity index (χ1n) is 6.60. The number of Topliss-reactive ketones (excluding diaryl/α,β-unsaturated/α-hetero) is 1. The van der Waals surface area contributed by atoms with E-state index in [-0.39, 0.29) is 5.78 Å². The summed E-state index contributed by atoms with van der Waals surface area (Å²) in [5, 5.41) is 0. The quantitative estimate of drug-likeness (QED) is 0.719. The van der Waals surface area contributed by atoms with Gasteiger partial charge in [0.15, 0.2) is 11.9 Å². The van der Waals surface area contributed by atoms with Crippen LogP contribution in [0.5, 0.6) is 11.5 Å². The van der Waals surface area contributed by atoms with E-state index in [0.717, 1.165) is 5.56 Å². The van der Waals surface area contributed by atoms with Crippen molar-refractivity contribution in [3.63, 3.8) is 0 Å². The average molecular weight is 392 g/mol. The Bertz CT molecular complexity index is 707. The molecule has 1 unspecified atom stereocenters. The summed E-state index contributed by atoms with van der Waals surface area (Å²) in [6.07, 6.45) is -0.519. The fourth-order valence-corrected chi connectivity index (χ4v) is 2.95. The second-order valence-electron chi connectivity index (χ2n) is 4.68. The Morgan fingerprint density at radius 1 is 1.05 bits per heavy atom. The summed E-state index contributed by atoms with van der Waals surface area (Å²) >= 11 is 2.03. The van der Waals surface area contributed by atoms with Gasteiger partial charge in [-0.15, -0.1) is 0 Å². The third-order valence-corrected chi connectivity index (χ3v) is 4.20. The molecule has 3 nitrogen and oxygen atoms in total. The molecule has 3 rings (SSSR count). The highest BCUT2D eigenvalue weighted by Gasteiger charge is 2.29. The van der Waals surface area contributed by atoms with E-state index in [0.29, 0.717) is 20.8 Å². The monoisotopic (exact) mass is 392 g/mol. The average Bonchev–Trinajstić information content (AvgIpc) is 2.60. The molecule has 0 spiro atoms. The van der Waals surface area contributed by atoms with E-state index in [1.54, 1.807) is 6.92 Å². The lowest BCUT2D eigenvalue weighted by atomic mass is 10.1. The van der Waals surface area contributed by atoms with Crippen molar-refractivity contribution in [1.29, 1.82) is 0 Å². The molecule has 1 aliphatic heterocycles. The molecule has 0 aliphatic carbocycles. The van der Waals surface area contributed by atoms with E-state index in [4.69, 9.17) is 9.47 Å². The Kier molecular flexibility index (Phi) is 3.96. The minimum atomic E-state index is -0.519. The van der Waals surface area contributed by atoms with Gasteiger partial charge in [-0.3, -0.25) is 4.79 Å². The second kappa shape index (κ2) is 5.89. The number of hydrogen-bond acceptors (Lipinski definition) is 3. The van der Waals surface area contributed by atoms with Gasteiger partial charge in [0.2, 0.25) is 5.78 Å². The molecular formula is C17H13IO3. The van der Waals surface area contributed by atoms with Crippen LogP contribution < -0.4 is 9.47 Å². The molecule has 0 saturated carbocycles. The second-order valence-corrected chi connectivity index (χ2v) is 5.76. The van der Waals surface area contributed by atoms with E-state index in [1.165, 1.54) is 0 Å². The lowest BCUT2D eigenvalue weighted by Crippen LogP contribution is -2.22. The Morgan fingerprint density at radius 3 is 2.48 bits per heavy atom. The number of carbonyl (C=O) groups excluding carboxylic acids is 1. The number of para-hydroxylation sites is 2. The first-order chi connectivity index (χ1) is 10.2. The molecule has 2 aromatic carbocycles. The van der Waals surface area contributed by atoms with Crippen molar-refractivity contribution in [2.75, 3.05) is 0 Å². The van der Waals surface area contributed by atoms with E-state index in [2.05, 4.69) is 0 Å². The number of ketones is 1. The number of rotatable bonds is 2. The van der Waals surface area contributed by atoms with E-state index >= 15 is 0 Å². The molecule has 1 heterocycles. The predicted octanol–water partition coefficient (Wildman–Crippen LogP) is 4.22. The van der Waals surface area contributed by atoms with Crippen LogP contribution in [0.25, 0.3) is 5.76 Å². The van der Waals surface area contributed by atoms with E-state index in [9.17, 15) is 4.79 Å². The third-order valence-electron chi connectivity index (χ3n) is 3.18. The van der Waals surface area contributed by atoms with Crippen molar-refractivity contribution in [2.24, 2.45) is 0 Å². The Labute approximate surface area is 136 Å². The molecule has 1 atom stereocenters. The minimum absolute atomic E-state index is 0.0715. The van der Waals surface area contributed by atoms with Crippen LogP contribution in [-0.4, -0.2) is 11.9 Å². The van der Waals surface area contributed by atoms with Gasteiger partial charge in [0.1, 0.15) is 15.1 Å². The Morgan fingerprint density at radius 2 is 1.71 bits per heavy atom. The first-order valence-corrected chi connectivity index (χ1v) is 7.67. The van der Waals surface area contributed by atoms with Crippen molar-refractivity contribution < 1.29 is 14.3 Å². The summed E-state index contributed by atoms with van der Waals surface area (Å²) in [7, 11) is 0. The van der Waals surface area contributed by atoms with Gasteiger partial charge in [0, 0.05) is 0 Å². The van der Waals surface area contributed by atoms with Gasteiger partial charge < -0.3 is 9.47 Å². The highest BCUT2D eigenvalue weighted by Crippen LogP contribution is 2.36. The molecule has 106 valence electrons. The van der Waals surface area contributed by atoms with Crippen LogP contribution in [0.3, 0.4) is 0 Å². The lowest BCUT2D eigenvalue weighted by Gasteiger charge is -2.13. The highest BCUT2D eigenvalue weighted by atomic mass is 127. The Balaban J connectivity index is 2.12. The van der Waals surface area contributed by atoms with Crippen molar-refractivity contribution in [2.45, 2.75) is 13.0 Å². The number of halogens is 1. The van der Waals surface area contributed by atoms with Gasteiger partial charge in [-0.2, -0.15) is 0 Å². The normalized spacial score (nSPS) is 17.8. The van der Waals surface area contributed by atoms with E-state index < -0.39 is 6.10 Å². The summed E-state index contributed by atoms with van der Waals surface area (Å²) in [5.41, 5.74) is 0.795. The molecule has 0 bridgehead atoms. The Hall–Kier alpha value is -1.82. The summed E-state index contributed by atoms with van der Waals surface area (Å²) in [6.45, 7) is 1.75. The molecule has 0 N–H and O–H groups in total. The molecule has 1 aliphatic rings. The summed E-state index contributed by atoms with van der Waals surface area (Å²) in [6, 6.07) is 17.0. The molecule has 2 aromatic rings. The first kappa shape index (κ1) is 14.1. The fourth-order valence-electron chi connectivity index (χ4n) is 2.12. The van der Waals surface area contributed by atoms with Crippen molar-refractivity contribution in [1.82, 2.24) is 0 Å². The van der Waals surface area contributed by atoms with Gasteiger partial charge in [0.05, 0.1) is 5.56 Å². The number of ether oxygens (including phenoxy) is 2. The predicted molar refractivity (Wildman–Crippen MR) is 89.5 cm³/mol.